The van der Waals surface area contributed by atoms with Crippen molar-refractivity contribution in [3.63, 3.8) is 0 Å². The second-order valence-corrected chi connectivity index (χ2v) is 4.82. The molecular weight excluding hydrogens is 239 g/mol. The van der Waals surface area contributed by atoms with Crippen LogP contribution in [0.3, 0.4) is 0 Å². The molecule has 2 heteroatoms. The summed E-state index contributed by atoms with van der Waals surface area (Å²) in [6.07, 6.45) is 4.79. The van der Waals surface area contributed by atoms with Gasteiger partial charge in [0.25, 0.3) is 0 Å². The van der Waals surface area contributed by atoms with Crippen molar-refractivity contribution in [3.8, 4) is 16.9 Å². The van der Waals surface area contributed by atoms with Crippen LogP contribution in [0.25, 0.3) is 11.1 Å². The minimum absolute atomic E-state index is 0.306. The van der Waals surface area contributed by atoms with E-state index in [1.54, 1.807) is 6.07 Å². The van der Waals surface area contributed by atoms with E-state index in [0.29, 0.717) is 0 Å². The van der Waals surface area contributed by atoms with Gasteiger partial charge in [-0.1, -0.05) is 50.1 Å². The van der Waals surface area contributed by atoms with Crippen LogP contribution in [0.1, 0.15) is 31.7 Å². The molecule has 0 amide bonds. The third-order valence-corrected chi connectivity index (χ3v) is 3.30. The molecule has 0 aliphatic rings. The van der Waals surface area contributed by atoms with Gasteiger partial charge in [0.2, 0.25) is 0 Å². The molecule has 0 aliphatic carbocycles. The fourth-order valence-corrected chi connectivity index (χ4v) is 2.13. The lowest BCUT2D eigenvalue weighted by Crippen LogP contribution is -1.86. The highest BCUT2D eigenvalue weighted by molar-refractivity contribution is 5.64. The minimum atomic E-state index is -0.579. The first-order chi connectivity index (χ1) is 9.20. The van der Waals surface area contributed by atoms with E-state index in [9.17, 15) is 9.50 Å². The molecule has 0 bridgehead atoms. The highest BCUT2D eigenvalue weighted by Crippen LogP contribution is 2.25. The maximum Gasteiger partial charge on any atom is 0.165 e. The van der Waals surface area contributed by atoms with Gasteiger partial charge in [0.05, 0.1) is 0 Å². The standard InChI is InChI=1S/C17H19FO/c1-2-3-4-5-13-6-8-14(9-7-13)15-10-11-17(19)16(18)12-15/h6-12,19H,2-5H2,1H3. The number of aryl methyl sites for hydroxylation is 1. The summed E-state index contributed by atoms with van der Waals surface area (Å²) in [6.45, 7) is 2.20. The van der Waals surface area contributed by atoms with E-state index in [-0.39, 0.29) is 5.75 Å². The summed E-state index contributed by atoms with van der Waals surface area (Å²) >= 11 is 0. The highest BCUT2D eigenvalue weighted by atomic mass is 19.1. The molecule has 2 rings (SSSR count). The topological polar surface area (TPSA) is 20.2 Å². The van der Waals surface area contributed by atoms with Gasteiger partial charge in [-0.3, -0.25) is 0 Å². The van der Waals surface area contributed by atoms with Crippen LogP contribution >= 0.6 is 0 Å². The fraction of sp³-hybridized carbons (Fsp3) is 0.294. The summed E-state index contributed by atoms with van der Waals surface area (Å²) in [6, 6.07) is 12.7. The Morgan fingerprint density at radius 3 is 2.26 bits per heavy atom. The van der Waals surface area contributed by atoms with Gasteiger partial charge in [-0.15, -0.1) is 0 Å². The van der Waals surface area contributed by atoms with Crippen molar-refractivity contribution in [2.75, 3.05) is 0 Å². The fourth-order valence-electron chi connectivity index (χ4n) is 2.13. The number of unbranched alkanes of at least 4 members (excludes halogenated alkanes) is 2. The van der Waals surface area contributed by atoms with Gasteiger partial charge in [-0.2, -0.15) is 0 Å². The Morgan fingerprint density at radius 1 is 0.947 bits per heavy atom. The molecule has 0 aromatic heterocycles. The van der Waals surface area contributed by atoms with Gasteiger partial charge in [-0.05, 0) is 41.7 Å². The van der Waals surface area contributed by atoms with E-state index in [2.05, 4.69) is 19.1 Å². The van der Waals surface area contributed by atoms with Gasteiger partial charge < -0.3 is 5.11 Å². The Balaban J connectivity index is 2.11. The maximum atomic E-state index is 13.3. The lowest BCUT2D eigenvalue weighted by molar-refractivity contribution is 0.432. The molecule has 0 fully saturated rings. The largest absolute Gasteiger partial charge is 0.505 e. The minimum Gasteiger partial charge on any atom is -0.505 e. The van der Waals surface area contributed by atoms with Crippen LogP contribution in [0, 0.1) is 5.82 Å². The second-order valence-electron chi connectivity index (χ2n) is 4.82. The molecule has 1 N–H and O–H groups in total. The van der Waals surface area contributed by atoms with Crippen LogP contribution in [0.2, 0.25) is 0 Å². The molecule has 100 valence electrons. The number of halogens is 1. The Hall–Kier alpha value is -1.83. The number of phenolic OH excluding ortho intramolecular Hbond substituents is 1. The van der Waals surface area contributed by atoms with Crippen LogP contribution in [0.5, 0.6) is 5.75 Å². The maximum absolute atomic E-state index is 13.3. The summed E-state index contributed by atoms with van der Waals surface area (Å²) in [4.78, 5) is 0. The average molecular weight is 258 g/mol. The molecule has 1 nitrogen and oxygen atoms in total. The molecule has 0 radical (unpaired) electrons. The number of rotatable bonds is 5. The van der Waals surface area contributed by atoms with Crippen molar-refractivity contribution < 1.29 is 9.50 Å². The van der Waals surface area contributed by atoms with Crippen molar-refractivity contribution >= 4 is 0 Å². The second kappa shape index (κ2) is 6.37. The zero-order chi connectivity index (χ0) is 13.7. The lowest BCUT2D eigenvalue weighted by Gasteiger charge is -2.05. The van der Waals surface area contributed by atoms with Crippen LogP contribution in [0.4, 0.5) is 4.39 Å². The van der Waals surface area contributed by atoms with Crippen molar-refractivity contribution in [2.24, 2.45) is 0 Å². The number of phenols is 1. The Labute approximate surface area is 113 Å². The lowest BCUT2D eigenvalue weighted by atomic mass is 10.0. The molecule has 0 spiro atoms. The van der Waals surface area contributed by atoms with E-state index < -0.39 is 5.82 Å². The predicted molar refractivity (Wildman–Crippen MR) is 76.7 cm³/mol. The van der Waals surface area contributed by atoms with Crippen LogP contribution in [0.15, 0.2) is 42.5 Å². The molecule has 0 unspecified atom stereocenters. The van der Waals surface area contributed by atoms with Crippen molar-refractivity contribution in [3.05, 3.63) is 53.8 Å². The summed E-state index contributed by atoms with van der Waals surface area (Å²) in [7, 11) is 0. The number of hydrogen-bond donors (Lipinski definition) is 1. The van der Waals surface area contributed by atoms with Gasteiger partial charge in [0.1, 0.15) is 0 Å². The molecule has 2 aromatic rings. The Bertz CT molecular complexity index is 531. The van der Waals surface area contributed by atoms with Crippen molar-refractivity contribution in [2.45, 2.75) is 32.6 Å². The normalized spacial score (nSPS) is 10.6. The van der Waals surface area contributed by atoms with Gasteiger partial charge in [-0.25, -0.2) is 4.39 Å². The van der Waals surface area contributed by atoms with Crippen molar-refractivity contribution in [1.29, 1.82) is 0 Å². The summed E-state index contributed by atoms with van der Waals surface area (Å²) in [5, 5.41) is 9.18. The van der Waals surface area contributed by atoms with E-state index in [1.165, 1.54) is 37.0 Å². The SMILES string of the molecule is CCCCCc1ccc(-c2ccc(O)c(F)c2)cc1. The first kappa shape index (κ1) is 13.6. The first-order valence-corrected chi connectivity index (χ1v) is 6.78. The van der Waals surface area contributed by atoms with E-state index in [1.807, 2.05) is 12.1 Å². The van der Waals surface area contributed by atoms with E-state index >= 15 is 0 Å². The monoisotopic (exact) mass is 258 g/mol. The zero-order valence-electron chi connectivity index (χ0n) is 11.2. The third kappa shape index (κ3) is 3.57. The van der Waals surface area contributed by atoms with Gasteiger partial charge in [0, 0.05) is 0 Å². The van der Waals surface area contributed by atoms with Gasteiger partial charge >= 0.3 is 0 Å². The summed E-state index contributed by atoms with van der Waals surface area (Å²) in [5.41, 5.74) is 3.07. The molecule has 2 aromatic carbocycles. The Morgan fingerprint density at radius 2 is 1.63 bits per heavy atom. The van der Waals surface area contributed by atoms with Crippen LogP contribution in [-0.4, -0.2) is 5.11 Å². The molecular formula is C17H19FO. The van der Waals surface area contributed by atoms with E-state index in [4.69, 9.17) is 0 Å². The van der Waals surface area contributed by atoms with Crippen LogP contribution in [-0.2, 0) is 6.42 Å². The Kier molecular flexibility index (Phi) is 4.56. The zero-order valence-corrected chi connectivity index (χ0v) is 11.2. The number of hydrogen-bond acceptors (Lipinski definition) is 1. The molecule has 0 atom stereocenters. The summed E-state index contributed by atoms with van der Waals surface area (Å²) < 4.78 is 13.3. The molecule has 19 heavy (non-hydrogen) atoms. The quantitative estimate of drug-likeness (QED) is 0.754. The molecule has 0 saturated heterocycles. The van der Waals surface area contributed by atoms with E-state index in [0.717, 1.165) is 17.5 Å². The summed E-state index contributed by atoms with van der Waals surface area (Å²) in [5.74, 6) is -0.885. The first-order valence-electron chi connectivity index (χ1n) is 6.78. The number of aromatic hydroxyl groups is 1. The molecule has 0 saturated carbocycles. The van der Waals surface area contributed by atoms with Gasteiger partial charge in [0.15, 0.2) is 11.6 Å². The van der Waals surface area contributed by atoms with Crippen LogP contribution < -0.4 is 0 Å². The number of benzene rings is 2. The highest BCUT2D eigenvalue weighted by Gasteiger charge is 2.03. The third-order valence-electron chi connectivity index (χ3n) is 3.30. The average Bonchev–Trinajstić information content (AvgIpc) is 2.43. The molecule has 0 aliphatic heterocycles. The smallest absolute Gasteiger partial charge is 0.165 e. The molecule has 0 heterocycles. The predicted octanol–water partition coefficient (Wildman–Crippen LogP) is 4.93. The van der Waals surface area contributed by atoms with Crippen molar-refractivity contribution in [1.82, 2.24) is 0 Å².